The van der Waals surface area contributed by atoms with Crippen molar-refractivity contribution in [1.29, 1.82) is 0 Å². The van der Waals surface area contributed by atoms with E-state index in [-0.39, 0.29) is 0 Å². The van der Waals surface area contributed by atoms with Crippen LogP contribution in [0.2, 0.25) is 0 Å². The number of aryl methyl sites for hydroxylation is 2. The number of aromatic hydroxyl groups is 2. The Bertz CT molecular complexity index is 671. The Labute approximate surface area is 132 Å². The fraction of sp³-hybridized carbons (Fsp3) is 0.200. The highest BCUT2D eigenvalue weighted by atomic mass is 16.3. The van der Waals surface area contributed by atoms with Gasteiger partial charge in [-0.15, -0.1) is 13.2 Å². The third-order valence-electron chi connectivity index (χ3n) is 3.86. The molecule has 0 saturated heterocycles. The van der Waals surface area contributed by atoms with Crippen molar-refractivity contribution in [2.75, 3.05) is 0 Å². The van der Waals surface area contributed by atoms with Crippen molar-refractivity contribution in [2.45, 2.75) is 25.7 Å². The summed E-state index contributed by atoms with van der Waals surface area (Å²) in [5.41, 5.74) is 4.15. The molecule has 0 bridgehead atoms. The average Bonchev–Trinajstić information content (AvgIpc) is 2.52. The van der Waals surface area contributed by atoms with Crippen molar-refractivity contribution in [3.63, 3.8) is 0 Å². The van der Waals surface area contributed by atoms with Gasteiger partial charge in [-0.1, -0.05) is 36.4 Å². The molecule has 0 unspecified atom stereocenters. The molecule has 0 aliphatic carbocycles. The van der Waals surface area contributed by atoms with Gasteiger partial charge in [0.05, 0.1) is 0 Å². The molecule has 0 heterocycles. The normalized spacial score (nSPS) is 10.4. The van der Waals surface area contributed by atoms with Gasteiger partial charge in [0.2, 0.25) is 0 Å². The predicted octanol–water partition coefficient (Wildman–Crippen LogP) is 4.34. The standard InChI is InChI=1S/C20H22O2/c1-3-7-17-15(13-14-20(22)18(17)8-4-2)11-12-16-9-5-6-10-19(16)21/h3-6,9-10,13-14,21-22H,1-2,7-8,11-12H2. The number of hydrogen-bond donors (Lipinski definition) is 2. The summed E-state index contributed by atoms with van der Waals surface area (Å²) in [5.74, 6) is 0.640. The highest BCUT2D eigenvalue weighted by molar-refractivity contribution is 5.47. The van der Waals surface area contributed by atoms with E-state index in [9.17, 15) is 10.2 Å². The zero-order chi connectivity index (χ0) is 15.9. The summed E-state index contributed by atoms with van der Waals surface area (Å²) in [6.07, 6.45) is 6.58. The predicted molar refractivity (Wildman–Crippen MR) is 91.4 cm³/mol. The first-order chi connectivity index (χ1) is 10.7. The lowest BCUT2D eigenvalue weighted by atomic mass is 9.91. The molecule has 22 heavy (non-hydrogen) atoms. The molecule has 2 N–H and O–H groups in total. The average molecular weight is 294 g/mol. The van der Waals surface area contributed by atoms with E-state index in [1.165, 1.54) is 5.56 Å². The number of para-hydroxylation sites is 1. The fourth-order valence-corrected chi connectivity index (χ4v) is 2.73. The minimum Gasteiger partial charge on any atom is -0.508 e. The molecular weight excluding hydrogens is 272 g/mol. The van der Waals surface area contributed by atoms with E-state index in [1.54, 1.807) is 18.2 Å². The summed E-state index contributed by atoms with van der Waals surface area (Å²) in [6.45, 7) is 7.58. The second kappa shape index (κ2) is 7.51. The zero-order valence-corrected chi connectivity index (χ0v) is 12.8. The van der Waals surface area contributed by atoms with E-state index in [0.29, 0.717) is 24.3 Å². The molecule has 0 fully saturated rings. The second-order valence-electron chi connectivity index (χ2n) is 5.32. The van der Waals surface area contributed by atoms with Gasteiger partial charge in [0, 0.05) is 5.56 Å². The van der Waals surface area contributed by atoms with E-state index in [2.05, 4.69) is 13.2 Å². The maximum Gasteiger partial charge on any atom is 0.119 e. The van der Waals surface area contributed by atoms with Gasteiger partial charge in [-0.3, -0.25) is 0 Å². The molecule has 2 aromatic rings. The molecule has 0 saturated carbocycles. The van der Waals surface area contributed by atoms with Crippen molar-refractivity contribution in [3.05, 3.63) is 84.0 Å². The van der Waals surface area contributed by atoms with Gasteiger partial charge in [0.1, 0.15) is 11.5 Å². The molecule has 114 valence electrons. The number of phenolic OH excluding ortho intramolecular Hbond substituents is 2. The maximum absolute atomic E-state index is 10.1. The monoisotopic (exact) mass is 294 g/mol. The van der Waals surface area contributed by atoms with Crippen LogP contribution in [-0.2, 0) is 25.7 Å². The topological polar surface area (TPSA) is 40.5 Å². The van der Waals surface area contributed by atoms with Crippen LogP contribution < -0.4 is 0 Å². The van der Waals surface area contributed by atoms with Crippen LogP contribution in [0.3, 0.4) is 0 Å². The molecule has 0 aliphatic heterocycles. The molecule has 2 aromatic carbocycles. The lowest BCUT2D eigenvalue weighted by molar-refractivity contribution is 0.466. The molecular formula is C20H22O2. The Morgan fingerprint density at radius 3 is 2.05 bits per heavy atom. The summed E-state index contributed by atoms with van der Waals surface area (Å²) in [6, 6.07) is 11.1. The second-order valence-corrected chi connectivity index (χ2v) is 5.32. The van der Waals surface area contributed by atoms with Crippen LogP contribution in [0, 0.1) is 0 Å². The summed E-state index contributed by atoms with van der Waals surface area (Å²) in [5, 5.41) is 20.0. The lowest BCUT2D eigenvalue weighted by Crippen LogP contribution is -2.02. The van der Waals surface area contributed by atoms with E-state index in [4.69, 9.17) is 0 Å². The lowest BCUT2D eigenvalue weighted by Gasteiger charge is -2.15. The molecule has 2 rings (SSSR count). The number of benzene rings is 2. The van der Waals surface area contributed by atoms with Crippen LogP contribution in [0.25, 0.3) is 0 Å². The minimum atomic E-state index is 0.308. The van der Waals surface area contributed by atoms with Gasteiger partial charge >= 0.3 is 0 Å². The minimum absolute atomic E-state index is 0.308. The van der Waals surface area contributed by atoms with Crippen LogP contribution in [0.4, 0.5) is 0 Å². The first-order valence-electron chi connectivity index (χ1n) is 7.48. The van der Waals surface area contributed by atoms with Crippen molar-refractivity contribution in [2.24, 2.45) is 0 Å². The molecule has 0 amide bonds. The highest BCUT2D eigenvalue weighted by Crippen LogP contribution is 2.28. The molecule has 2 nitrogen and oxygen atoms in total. The first kappa shape index (κ1) is 15.9. The summed E-state index contributed by atoms with van der Waals surface area (Å²) in [4.78, 5) is 0. The van der Waals surface area contributed by atoms with Crippen LogP contribution >= 0.6 is 0 Å². The van der Waals surface area contributed by atoms with Crippen LogP contribution in [0.5, 0.6) is 11.5 Å². The van der Waals surface area contributed by atoms with Gasteiger partial charge in [-0.2, -0.15) is 0 Å². The SMILES string of the molecule is C=CCc1c(O)ccc(CCc2ccccc2O)c1CC=C. The zero-order valence-electron chi connectivity index (χ0n) is 12.8. The summed E-state index contributed by atoms with van der Waals surface area (Å²) >= 11 is 0. The molecule has 2 heteroatoms. The van der Waals surface area contributed by atoms with Crippen molar-refractivity contribution >= 4 is 0 Å². The van der Waals surface area contributed by atoms with Crippen molar-refractivity contribution in [1.82, 2.24) is 0 Å². The fourth-order valence-electron chi connectivity index (χ4n) is 2.73. The molecule has 0 aliphatic rings. The highest BCUT2D eigenvalue weighted by Gasteiger charge is 2.11. The summed E-state index contributed by atoms with van der Waals surface area (Å²) in [7, 11) is 0. The molecule has 0 atom stereocenters. The third kappa shape index (κ3) is 3.59. The Morgan fingerprint density at radius 1 is 0.727 bits per heavy atom. The van der Waals surface area contributed by atoms with Crippen molar-refractivity contribution in [3.8, 4) is 11.5 Å². The van der Waals surface area contributed by atoms with E-state index in [0.717, 1.165) is 29.5 Å². The quantitative estimate of drug-likeness (QED) is 0.746. The third-order valence-corrected chi connectivity index (χ3v) is 3.86. The van der Waals surface area contributed by atoms with Gasteiger partial charge in [0.25, 0.3) is 0 Å². The van der Waals surface area contributed by atoms with E-state index in [1.807, 2.05) is 30.3 Å². The number of rotatable bonds is 7. The van der Waals surface area contributed by atoms with E-state index < -0.39 is 0 Å². The Kier molecular flexibility index (Phi) is 5.42. The number of phenols is 2. The molecule has 0 radical (unpaired) electrons. The van der Waals surface area contributed by atoms with E-state index >= 15 is 0 Å². The van der Waals surface area contributed by atoms with Gasteiger partial charge < -0.3 is 10.2 Å². The molecule has 0 spiro atoms. The van der Waals surface area contributed by atoms with Crippen LogP contribution in [0.15, 0.2) is 61.7 Å². The first-order valence-corrected chi connectivity index (χ1v) is 7.48. The van der Waals surface area contributed by atoms with Gasteiger partial charge in [-0.05, 0) is 54.5 Å². The number of hydrogen-bond acceptors (Lipinski definition) is 2. The van der Waals surface area contributed by atoms with Crippen LogP contribution in [-0.4, -0.2) is 10.2 Å². The molecule has 0 aromatic heterocycles. The van der Waals surface area contributed by atoms with Crippen molar-refractivity contribution < 1.29 is 10.2 Å². The Hall–Kier alpha value is -2.48. The van der Waals surface area contributed by atoms with Gasteiger partial charge in [-0.25, -0.2) is 0 Å². The smallest absolute Gasteiger partial charge is 0.119 e. The summed E-state index contributed by atoms with van der Waals surface area (Å²) < 4.78 is 0. The largest absolute Gasteiger partial charge is 0.508 e. The Morgan fingerprint density at radius 2 is 1.36 bits per heavy atom. The maximum atomic E-state index is 10.1. The van der Waals surface area contributed by atoms with Crippen LogP contribution in [0.1, 0.15) is 22.3 Å². The van der Waals surface area contributed by atoms with Gasteiger partial charge in [0.15, 0.2) is 0 Å². The number of allylic oxidation sites excluding steroid dienone is 2. The Balaban J connectivity index is 2.30.